The predicted molar refractivity (Wildman–Crippen MR) is 52.0 cm³/mol. The van der Waals surface area contributed by atoms with E-state index in [1.165, 1.54) is 5.57 Å². The van der Waals surface area contributed by atoms with Crippen LogP contribution in [-0.2, 0) is 24.2 Å². The Morgan fingerprint density at radius 1 is 1.29 bits per heavy atom. The third kappa shape index (κ3) is 2.76. The van der Waals surface area contributed by atoms with E-state index in [-0.39, 0.29) is 25.4 Å². The van der Waals surface area contributed by atoms with E-state index in [4.69, 9.17) is 4.74 Å². The van der Waals surface area contributed by atoms with E-state index < -0.39 is 0 Å². The van der Waals surface area contributed by atoms with Crippen LogP contribution in [0.15, 0.2) is 35.9 Å². The maximum Gasteiger partial charge on any atom is 2.00 e. The molecule has 1 heterocycles. The van der Waals surface area contributed by atoms with E-state index >= 15 is 0 Å². The molecule has 1 radical (unpaired) electrons. The Labute approximate surface area is 97.9 Å². The Balaban J connectivity index is 0.000000980. The summed E-state index contributed by atoms with van der Waals surface area (Å²) in [7, 11) is 0. The van der Waals surface area contributed by atoms with Gasteiger partial charge in [-0.25, -0.2) is 0 Å². The molecule has 0 amide bonds. The summed E-state index contributed by atoms with van der Waals surface area (Å²) in [6, 6.07) is 10.1. The molecule has 1 nitrogen and oxygen atoms in total. The smallest absolute Gasteiger partial charge is 0.380 e. The fourth-order valence-corrected chi connectivity index (χ4v) is 1.37. The van der Waals surface area contributed by atoms with Crippen LogP contribution >= 0.6 is 0 Å². The fraction of sp³-hybridized carbons (Fsp3) is 0.250. The van der Waals surface area contributed by atoms with Crippen LogP contribution in [-0.4, -0.2) is 13.2 Å². The molecule has 0 aromatic heterocycles. The van der Waals surface area contributed by atoms with Gasteiger partial charge in [0.2, 0.25) is 0 Å². The van der Waals surface area contributed by atoms with Gasteiger partial charge in [0.15, 0.2) is 0 Å². The largest absolute Gasteiger partial charge is 2.00 e. The zero-order valence-corrected chi connectivity index (χ0v) is 9.47. The molecule has 1 atom stereocenters. The molecule has 1 aromatic rings. The molecule has 14 heavy (non-hydrogen) atoms. The monoisotopic (exact) mass is 275 g/mol. The van der Waals surface area contributed by atoms with Gasteiger partial charge in [-0.3, -0.25) is 0 Å². The fourth-order valence-electron chi connectivity index (χ4n) is 1.37. The first-order chi connectivity index (χ1) is 6.36. The SMILES string of the molecule is [CH2-]C1COCC1=[C-]c1ccccc1.[Rh+2]. The molecule has 0 aliphatic carbocycles. The van der Waals surface area contributed by atoms with Crippen molar-refractivity contribution in [2.45, 2.75) is 0 Å². The second-order valence-corrected chi connectivity index (χ2v) is 3.23. The van der Waals surface area contributed by atoms with Gasteiger partial charge >= 0.3 is 19.5 Å². The van der Waals surface area contributed by atoms with Gasteiger partial charge in [0.25, 0.3) is 0 Å². The summed E-state index contributed by atoms with van der Waals surface area (Å²) in [6.45, 7) is 5.41. The molecular formula is C12H12ORh. The molecule has 0 saturated carbocycles. The first kappa shape index (κ1) is 11.6. The average molecular weight is 275 g/mol. The summed E-state index contributed by atoms with van der Waals surface area (Å²) in [5, 5.41) is 0. The summed E-state index contributed by atoms with van der Waals surface area (Å²) >= 11 is 0. The molecule has 0 N–H and O–H groups in total. The van der Waals surface area contributed by atoms with Crippen LogP contribution < -0.4 is 0 Å². The molecule has 2 heteroatoms. The summed E-state index contributed by atoms with van der Waals surface area (Å²) in [5.74, 6) is 0.278. The zero-order chi connectivity index (χ0) is 9.10. The number of benzene rings is 1. The van der Waals surface area contributed by atoms with Crippen molar-refractivity contribution in [3.63, 3.8) is 0 Å². The number of rotatable bonds is 1. The second-order valence-electron chi connectivity index (χ2n) is 3.23. The topological polar surface area (TPSA) is 9.23 Å². The van der Waals surface area contributed by atoms with Crippen molar-refractivity contribution >= 4 is 0 Å². The number of ether oxygens (including phenoxy) is 1. The van der Waals surface area contributed by atoms with Crippen molar-refractivity contribution < 1.29 is 24.2 Å². The van der Waals surface area contributed by atoms with Gasteiger partial charge in [0.1, 0.15) is 0 Å². The van der Waals surface area contributed by atoms with Crippen LogP contribution in [0.1, 0.15) is 5.56 Å². The van der Waals surface area contributed by atoms with Crippen LogP contribution in [0.2, 0.25) is 0 Å². The van der Waals surface area contributed by atoms with Gasteiger partial charge < -0.3 is 11.7 Å². The minimum absolute atomic E-state index is 0. The van der Waals surface area contributed by atoms with E-state index in [2.05, 4.69) is 13.0 Å². The molecule has 1 unspecified atom stereocenters. The molecule has 1 aliphatic heterocycles. The predicted octanol–water partition coefficient (Wildman–Crippen LogP) is 2.24. The second kappa shape index (κ2) is 5.43. The normalized spacial score (nSPS) is 23.5. The zero-order valence-electron chi connectivity index (χ0n) is 7.83. The first-order valence-electron chi connectivity index (χ1n) is 4.45. The Morgan fingerprint density at radius 2 is 2.00 bits per heavy atom. The summed E-state index contributed by atoms with van der Waals surface area (Å²) in [5.41, 5.74) is 2.28. The van der Waals surface area contributed by atoms with Crippen LogP contribution in [0, 0.1) is 18.9 Å². The number of hydrogen-bond donors (Lipinski definition) is 0. The third-order valence-corrected chi connectivity index (χ3v) is 2.15. The standard InChI is InChI=1S/C12H12O.Rh/c1-10-8-13-9-12(10)7-11-5-3-2-4-6-11;/h2-6,10H,1,8-9H2;/q-2;+2. The van der Waals surface area contributed by atoms with Crippen LogP contribution in [0.3, 0.4) is 0 Å². The molecule has 1 aromatic carbocycles. The van der Waals surface area contributed by atoms with Crippen LogP contribution in [0.25, 0.3) is 0 Å². The van der Waals surface area contributed by atoms with E-state index in [1.54, 1.807) is 0 Å². The minimum Gasteiger partial charge on any atom is -0.380 e. The van der Waals surface area contributed by atoms with E-state index in [0.29, 0.717) is 6.61 Å². The number of hydrogen-bond acceptors (Lipinski definition) is 1. The molecule has 75 valence electrons. The maximum absolute atomic E-state index is 5.28. The molecular weight excluding hydrogens is 263 g/mol. The van der Waals surface area contributed by atoms with E-state index in [9.17, 15) is 0 Å². The van der Waals surface area contributed by atoms with Crippen LogP contribution in [0.5, 0.6) is 0 Å². The minimum atomic E-state index is 0. The molecule has 0 bridgehead atoms. The van der Waals surface area contributed by atoms with Crippen molar-refractivity contribution in [2.75, 3.05) is 13.2 Å². The van der Waals surface area contributed by atoms with Crippen molar-refractivity contribution in [3.8, 4) is 0 Å². The van der Waals surface area contributed by atoms with Crippen molar-refractivity contribution in [1.82, 2.24) is 0 Å². The molecule has 1 aliphatic rings. The average Bonchev–Trinajstić information content (AvgIpc) is 2.54. The summed E-state index contributed by atoms with van der Waals surface area (Å²) in [4.78, 5) is 0. The molecule has 1 fully saturated rings. The quantitative estimate of drug-likeness (QED) is 0.564. The van der Waals surface area contributed by atoms with Crippen molar-refractivity contribution in [1.29, 1.82) is 0 Å². The van der Waals surface area contributed by atoms with Gasteiger partial charge in [-0.1, -0.05) is 6.07 Å². The molecule has 1 saturated heterocycles. The van der Waals surface area contributed by atoms with Gasteiger partial charge in [0.05, 0.1) is 6.61 Å². The Bertz CT molecular complexity index is 305. The van der Waals surface area contributed by atoms with Crippen molar-refractivity contribution in [3.05, 3.63) is 54.5 Å². The maximum atomic E-state index is 5.28. The third-order valence-electron chi connectivity index (χ3n) is 2.15. The summed E-state index contributed by atoms with van der Waals surface area (Å²) < 4.78 is 5.28. The van der Waals surface area contributed by atoms with E-state index in [1.807, 2.05) is 30.3 Å². The van der Waals surface area contributed by atoms with E-state index in [0.717, 1.165) is 12.2 Å². The van der Waals surface area contributed by atoms with Gasteiger partial charge in [-0.05, 0) is 0 Å². The Morgan fingerprint density at radius 3 is 2.57 bits per heavy atom. The Kier molecular flexibility index (Phi) is 4.51. The molecule has 2 rings (SSSR count). The first-order valence-corrected chi connectivity index (χ1v) is 4.45. The van der Waals surface area contributed by atoms with Crippen LogP contribution in [0.4, 0.5) is 0 Å². The van der Waals surface area contributed by atoms with Crippen molar-refractivity contribution in [2.24, 2.45) is 5.92 Å². The summed E-state index contributed by atoms with van der Waals surface area (Å²) in [6.07, 6.45) is 3.32. The molecule has 0 spiro atoms. The Hall–Kier alpha value is -0.457. The van der Waals surface area contributed by atoms with Gasteiger partial charge in [-0.2, -0.15) is 23.8 Å². The van der Waals surface area contributed by atoms with Gasteiger partial charge in [0, 0.05) is 6.61 Å². The van der Waals surface area contributed by atoms with Gasteiger partial charge in [-0.15, -0.1) is 23.6 Å².